The number of hydrogen-bond acceptors (Lipinski definition) is 4. The Morgan fingerprint density at radius 2 is 1.83 bits per heavy atom. The average Bonchev–Trinajstić information content (AvgIpc) is 2.67. The molecule has 3 rings (SSSR count). The third kappa shape index (κ3) is 4.55. The van der Waals surface area contributed by atoms with Crippen LogP contribution in [0, 0.1) is 29.1 Å². The minimum atomic E-state index is -1.00. The molecule has 0 heterocycles. The van der Waals surface area contributed by atoms with Gasteiger partial charge in [-0.15, -0.1) is 0 Å². The maximum atomic E-state index is 12.7. The van der Waals surface area contributed by atoms with E-state index in [1.807, 2.05) is 30.3 Å². The summed E-state index contributed by atoms with van der Waals surface area (Å²) in [5.41, 5.74) is 0.650. The number of aliphatic hydroxyl groups excluding tert-OH is 1. The van der Waals surface area contributed by atoms with Gasteiger partial charge in [0, 0.05) is 12.0 Å². The van der Waals surface area contributed by atoms with Gasteiger partial charge in [0.05, 0.1) is 12.0 Å². The number of carbonyl (C=O) groups is 2. The van der Waals surface area contributed by atoms with Crippen LogP contribution in [0.5, 0.6) is 0 Å². The molecule has 158 valence electrons. The Morgan fingerprint density at radius 3 is 2.45 bits per heavy atom. The molecular weight excluding hydrogens is 368 g/mol. The highest BCUT2D eigenvalue weighted by molar-refractivity contribution is 5.87. The fourth-order valence-corrected chi connectivity index (χ4v) is 5.41. The number of carboxylic acid groups (broad SMARTS) is 1. The number of aliphatic carboxylic acids is 1. The summed E-state index contributed by atoms with van der Waals surface area (Å²) in [7, 11) is 0. The van der Waals surface area contributed by atoms with Crippen molar-refractivity contribution in [3.8, 4) is 0 Å². The van der Waals surface area contributed by atoms with Crippen molar-refractivity contribution in [3.63, 3.8) is 0 Å². The summed E-state index contributed by atoms with van der Waals surface area (Å²) in [6.07, 6.45) is 4.72. The van der Waals surface area contributed by atoms with E-state index in [2.05, 4.69) is 20.8 Å². The van der Waals surface area contributed by atoms with E-state index >= 15 is 0 Å². The fourth-order valence-electron chi connectivity index (χ4n) is 5.41. The summed E-state index contributed by atoms with van der Waals surface area (Å²) in [5, 5.41) is 20.4. The smallest absolute Gasteiger partial charge is 0.331 e. The summed E-state index contributed by atoms with van der Waals surface area (Å²) in [4.78, 5) is 24.7. The van der Waals surface area contributed by atoms with Gasteiger partial charge in [-0.05, 0) is 54.6 Å². The van der Waals surface area contributed by atoms with Crippen LogP contribution in [0.4, 0.5) is 0 Å². The number of carbonyl (C=O) groups excluding carboxylic acids is 1. The van der Waals surface area contributed by atoms with Crippen molar-refractivity contribution < 1.29 is 24.5 Å². The first-order valence-corrected chi connectivity index (χ1v) is 10.6. The molecular formula is C24H32O5. The zero-order valence-electron chi connectivity index (χ0n) is 17.5. The van der Waals surface area contributed by atoms with Crippen molar-refractivity contribution in [3.05, 3.63) is 42.0 Å². The Bertz CT molecular complexity index is 756. The van der Waals surface area contributed by atoms with E-state index in [0.717, 1.165) is 24.8 Å². The molecule has 0 aliphatic heterocycles. The second kappa shape index (κ2) is 8.70. The van der Waals surface area contributed by atoms with Crippen LogP contribution in [-0.2, 0) is 14.3 Å². The number of rotatable bonds is 5. The van der Waals surface area contributed by atoms with E-state index in [-0.39, 0.29) is 23.2 Å². The van der Waals surface area contributed by atoms with E-state index < -0.39 is 30.1 Å². The number of hydrogen-bond donors (Lipinski definition) is 2. The number of fused-ring (bicyclic) bond motifs is 1. The average molecular weight is 401 g/mol. The van der Waals surface area contributed by atoms with Gasteiger partial charge in [-0.3, -0.25) is 4.79 Å². The molecule has 1 aromatic rings. The molecule has 2 saturated carbocycles. The summed E-state index contributed by atoms with van der Waals surface area (Å²) >= 11 is 0. The highest BCUT2D eigenvalue weighted by atomic mass is 16.5. The number of esters is 1. The van der Waals surface area contributed by atoms with Crippen molar-refractivity contribution in [2.24, 2.45) is 29.1 Å². The molecule has 0 amide bonds. The standard InChI is InChI=1S/C24H32O5/c1-15(2)17-11-13-24(3)14-12-18(25)20(23(27)28)21(24)22(17)29-19(26)10-9-16-7-5-4-6-8-16/h4-10,15,17-18,20-22,25H,11-14H2,1-3H3,(H,27,28)/b10-9+/t17-,18+,20-,21+,22+,24-/m0/s1. The van der Waals surface area contributed by atoms with Gasteiger partial charge >= 0.3 is 11.9 Å². The largest absolute Gasteiger partial charge is 0.481 e. The van der Waals surface area contributed by atoms with Gasteiger partial charge in [0.1, 0.15) is 6.10 Å². The predicted octanol–water partition coefficient (Wildman–Crippen LogP) is 4.16. The number of aliphatic hydroxyl groups is 1. The Morgan fingerprint density at radius 1 is 1.17 bits per heavy atom. The molecule has 2 aliphatic carbocycles. The zero-order chi connectivity index (χ0) is 21.2. The maximum absolute atomic E-state index is 12.7. The number of benzene rings is 1. The van der Waals surface area contributed by atoms with Crippen molar-refractivity contribution in [2.45, 2.75) is 58.7 Å². The Hall–Kier alpha value is -2.14. The van der Waals surface area contributed by atoms with Gasteiger partial charge < -0.3 is 14.9 Å². The monoisotopic (exact) mass is 400 g/mol. The molecule has 29 heavy (non-hydrogen) atoms. The molecule has 2 N–H and O–H groups in total. The van der Waals surface area contributed by atoms with Crippen molar-refractivity contribution >= 4 is 18.0 Å². The molecule has 0 aromatic heterocycles. The fraction of sp³-hybridized carbons (Fsp3) is 0.583. The van der Waals surface area contributed by atoms with E-state index in [1.54, 1.807) is 6.08 Å². The molecule has 0 bridgehead atoms. The van der Waals surface area contributed by atoms with Gasteiger partial charge in [-0.1, -0.05) is 51.1 Å². The molecule has 2 aliphatic rings. The van der Waals surface area contributed by atoms with Crippen LogP contribution >= 0.6 is 0 Å². The Kier molecular flexibility index (Phi) is 6.47. The molecule has 5 heteroatoms. The molecule has 0 spiro atoms. The van der Waals surface area contributed by atoms with Gasteiger partial charge in [0.2, 0.25) is 0 Å². The summed E-state index contributed by atoms with van der Waals surface area (Å²) in [6.45, 7) is 6.27. The lowest BCUT2D eigenvalue weighted by molar-refractivity contribution is -0.192. The minimum absolute atomic E-state index is 0.0781. The van der Waals surface area contributed by atoms with Gasteiger partial charge in [-0.25, -0.2) is 4.79 Å². The van der Waals surface area contributed by atoms with E-state index in [9.17, 15) is 19.8 Å². The predicted molar refractivity (Wildman–Crippen MR) is 111 cm³/mol. The Balaban J connectivity index is 1.88. The second-order valence-corrected chi connectivity index (χ2v) is 9.24. The van der Waals surface area contributed by atoms with Crippen LogP contribution in [-0.4, -0.2) is 34.4 Å². The molecule has 5 nitrogen and oxygen atoms in total. The van der Waals surface area contributed by atoms with Crippen LogP contribution in [0.1, 0.15) is 52.0 Å². The van der Waals surface area contributed by atoms with Gasteiger partial charge in [0.15, 0.2) is 0 Å². The van der Waals surface area contributed by atoms with E-state index in [4.69, 9.17) is 4.74 Å². The van der Waals surface area contributed by atoms with Gasteiger partial charge in [-0.2, -0.15) is 0 Å². The highest BCUT2D eigenvalue weighted by Crippen LogP contribution is 2.56. The molecule has 0 radical (unpaired) electrons. The van der Waals surface area contributed by atoms with Crippen molar-refractivity contribution in [2.75, 3.05) is 0 Å². The normalized spacial score (nSPS) is 34.7. The molecule has 0 unspecified atom stereocenters. The minimum Gasteiger partial charge on any atom is -0.481 e. The van der Waals surface area contributed by atoms with E-state index in [0.29, 0.717) is 6.42 Å². The lowest BCUT2D eigenvalue weighted by Gasteiger charge is -2.55. The van der Waals surface area contributed by atoms with Crippen molar-refractivity contribution in [1.29, 1.82) is 0 Å². The Labute approximate surface area is 172 Å². The molecule has 2 fully saturated rings. The quantitative estimate of drug-likeness (QED) is 0.573. The first-order chi connectivity index (χ1) is 13.7. The first kappa shape index (κ1) is 21.6. The number of ether oxygens (including phenoxy) is 1. The van der Waals surface area contributed by atoms with Crippen molar-refractivity contribution in [1.82, 2.24) is 0 Å². The van der Waals surface area contributed by atoms with Crippen LogP contribution in [0.2, 0.25) is 0 Å². The van der Waals surface area contributed by atoms with Crippen LogP contribution in [0.3, 0.4) is 0 Å². The summed E-state index contributed by atoms with van der Waals surface area (Å²) in [6, 6.07) is 9.50. The van der Waals surface area contributed by atoms with E-state index in [1.165, 1.54) is 6.08 Å². The lowest BCUT2D eigenvalue weighted by Crippen LogP contribution is -2.58. The highest BCUT2D eigenvalue weighted by Gasteiger charge is 2.57. The maximum Gasteiger partial charge on any atom is 0.331 e. The third-order valence-corrected chi connectivity index (χ3v) is 7.05. The number of carboxylic acids is 1. The van der Waals surface area contributed by atoms with Crippen LogP contribution in [0.15, 0.2) is 36.4 Å². The van der Waals surface area contributed by atoms with Gasteiger partial charge in [0.25, 0.3) is 0 Å². The second-order valence-electron chi connectivity index (χ2n) is 9.24. The summed E-state index contributed by atoms with van der Waals surface area (Å²) < 4.78 is 5.95. The summed E-state index contributed by atoms with van der Waals surface area (Å²) in [5.74, 6) is -2.43. The first-order valence-electron chi connectivity index (χ1n) is 10.6. The van der Waals surface area contributed by atoms with Crippen LogP contribution < -0.4 is 0 Å². The zero-order valence-corrected chi connectivity index (χ0v) is 17.5. The topological polar surface area (TPSA) is 83.8 Å². The lowest BCUT2D eigenvalue weighted by atomic mass is 9.52. The molecule has 6 atom stereocenters. The molecule has 0 saturated heterocycles. The third-order valence-electron chi connectivity index (χ3n) is 7.05. The SMILES string of the molecule is CC(C)[C@@H]1CC[C@@]2(C)CC[C@@H](O)[C@H](C(=O)O)[C@@H]2[C@@H]1OC(=O)/C=C/c1ccccc1. The molecule has 1 aromatic carbocycles. The van der Waals surface area contributed by atoms with Crippen LogP contribution in [0.25, 0.3) is 6.08 Å².